The van der Waals surface area contributed by atoms with E-state index in [1.807, 2.05) is 24.3 Å². The van der Waals surface area contributed by atoms with Crippen molar-refractivity contribution >= 4 is 38.9 Å². The molecule has 25 heavy (non-hydrogen) atoms. The summed E-state index contributed by atoms with van der Waals surface area (Å²) in [4.78, 5) is 17.5. The van der Waals surface area contributed by atoms with E-state index in [2.05, 4.69) is 20.2 Å². The Bertz CT molecular complexity index is 1140. The molecular weight excluding hydrogens is 322 g/mol. The minimum atomic E-state index is -0.501. The molecule has 0 saturated heterocycles. The van der Waals surface area contributed by atoms with Crippen molar-refractivity contribution in [3.63, 3.8) is 0 Å². The number of hydrogen-bond donors (Lipinski definition) is 2. The van der Waals surface area contributed by atoms with Gasteiger partial charge in [-0.2, -0.15) is 0 Å². The average Bonchev–Trinajstić information content (AvgIpc) is 2.94. The lowest BCUT2D eigenvalue weighted by atomic mass is 10.2. The topological polar surface area (TPSA) is 117 Å². The van der Waals surface area contributed by atoms with Crippen molar-refractivity contribution < 1.29 is 10.0 Å². The third kappa shape index (κ3) is 2.55. The van der Waals surface area contributed by atoms with Crippen LogP contribution in [0.25, 0.3) is 21.8 Å². The zero-order valence-electron chi connectivity index (χ0n) is 12.7. The lowest BCUT2D eigenvalue weighted by Gasteiger charge is -1.99. The van der Waals surface area contributed by atoms with E-state index in [4.69, 9.17) is 0 Å². The average molecular weight is 333 g/mol. The number of aromatic nitrogens is 2. The van der Waals surface area contributed by atoms with Crippen LogP contribution in [0.2, 0.25) is 0 Å². The molecule has 0 radical (unpaired) electrons. The number of fused-ring (bicyclic) bond motifs is 2. The normalized spacial score (nSPS) is 11.5. The number of aromatic hydroxyl groups is 1. The molecule has 0 aliphatic rings. The van der Waals surface area contributed by atoms with E-state index in [1.165, 1.54) is 18.2 Å². The molecule has 0 aliphatic carbocycles. The van der Waals surface area contributed by atoms with Crippen LogP contribution in [0.1, 0.15) is 0 Å². The minimum Gasteiger partial charge on any atom is -0.493 e. The lowest BCUT2D eigenvalue weighted by molar-refractivity contribution is -0.384. The maximum atomic E-state index is 11.0. The summed E-state index contributed by atoms with van der Waals surface area (Å²) < 4.78 is 0. The summed E-state index contributed by atoms with van der Waals surface area (Å²) >= 11 is 0. The van der Waals surface area contributed by atoms with Crippen molar-refractivity contribution in [3.8, 4) is 5.88 Å². The van der Waals surface area contributed by atoms with Gasteiger partial charge in [-0.3, -0.25) is 15.1 Å². The number of non-ortho nitro benzene ring substituents is 1. The molecule has 4 aromatic rings. The number of H-pyrrole nitrogens is 1. The minimum absolute atomic E-state index is 0.0882. The zero-order valence-corrected chi connectivity index (χ0v) is 12.7. The predicted octanol–water partition coefficient (Wildman–Crippen LogP) is 4.75. The maximum Gasteiger partial charge on any atom is 0.270 e. The molecule has 2 heterocycles. The number of nitrogens with one attached hydrogen (secondary N) is 1. The Kier molecular flexibility index (Phi) is 3.35. The van der Waals surface area contributed by atoms with Gasteiger partial charge in [-0.1, -0.05) is 18.2 Å². The third-order valence-electron chi connectivity index (χ3n) is 3.82. The van der Waals surface area contributed by atoms with Crippen molar-refractivity contribution in [2.24, 2.45) is 10.2 Å². The number of azo groups is 1. The second kappa shape index (κ2) is 5.68. The fourth-order valence-corrected chi connectivity index (χ4v) is 2.64. The van der Waals surface area contributed by atoms with Crippen LogP contribution in [0, 0.1) is 10.1 Å². The molecule has 2 N–H and O–H groups in total. The van der Waals surface area contributed by atoms with Gasteiger partial charge in [-0.25, -0.2) is 0 Å². The van der Waals surface area contributed by atoms with Crippen LogP contribution in [-0.2, 0) is 0 Å². The number of nitro benzene ring substituents is 1. The molecule has 0 saturated carbocycles. The van der Waals surface area contributed by atoms with Crippen LogP contribution in [0.5, 0.6) is 5.88 Å². The molecule has 4 rings (SSSR count). The van der Waals surface area contributed by atoms with Crippen LogP contribution in [0.15, 0.2) is 65.0 Å². The van der Waals surface area contributed by atoms with E-state index in [0.29, 0.717) is 22.1 Å². The summed E-state index contributed by atoms with van der Waals surface area (Å²) in [5.74, 6) is -0.201. The number of pyridine rings is 1. The van der Waals surface area contributed by atoms with Gasteiger partial charge in [0.1, 0.15) is 5.69 Å². The Balaban J connectivity index is 1.84. The smallest absolute Gasteiger partial charge is 0.270 e. The van der Waals surface area contributed by atoms with Gasteiger partial charge >= 0.3 is 0 Å². The molecule has 8 nitrogen and oxygen atoms in total. The Hall–Kier alpha value is -3.81. The quantitative estimate of drug-likeness (QED) is 0.320. The maximum absolute atomic E-state index is 11.0. The van der Waals surface area contributed by atoms with Crippen molar-refractivity contribution in [3.05, 3.63) is 64.8 Å². The number of benzene rings is 2. The van der Waals surface area contributed by atoms with E-state index in [-0.39, 0.29) is 17.3 Å². The highest BCUT2D eigenvalue weighted by Gasteiger charge is 2.15. The highest BCUT2D eigenvalue weighted by atomic mass is 16.6. The number of para-hydroxylation sites is 1. The van der Waals surface area contributed by atoms with Crippen LogP contribution in [-0.4, -0.2) is 20.0 Å². The van der Waals surface area contributed by atoms with Gasteiger partial charge in [0.05, 0.1) is 16.0 Å². The van der Waals surface area contributed by atoms with Gasteiger partial charge in [-0.15, -0.1) is 10.2 Å². The Morgan fingerprint density at radius 3 is 2.80 bits per heavy atom. The van der Waals surface area contributed by atoms with Crippen LogP contribution < -0.4 is 0 Å². The fraction of sp³-hybridized carbons (Fsp3) is 0. The van der Waals surface area contributed by atoms with E-state index >= 15 is 0 Å². The zero-order chi connectivity index (χ0) is 17.4. The summed E-state index contributed by atoms with van der Waals surface area (Å²) in [6.07, 6.45) is 1.66. The number of hydrogen-bond acceptors (Lipinski definition) is 6. The number of rotatable bonds is 3. The molecule has 0 unspecified atom stereocenters. The Morgan fingerprint density at radius 1 is 1.12 bits per heavy atom. The van der Waals surface area contributed by atoms with Crippen molar-refractivity contribution in [1.82, 2.24) is 9.97 Å². The summed E-state index contributed by atoms with van der Waals surface area (Å²) in [6.45, 7) is 0. The molecule has 0 atom stereocenters. The summed E-state index contributed by atoms with van der Waals surface area (Å²) in [7, 11) is 0. The van der Waals surface area contributed by atoms with Crippen molar-refractivity contribution in [1.29, 1.82) is 0 Å². The van der Waals surface area contributed by atoms with Gasteiger partial charge in [0.2, 0.25) is 5.88 Å². The largest absolute Gasteiger partial charge is 0.493 e. The molecule has 0 bridgehead atoms. The summed E-state index contributed by atoms with van der Waals surface area (Å²) in [6, 6.07) is 13.5. The predicted molar refractivity (Wildman–Crippen MR) is 92.5 cm³/mol. The molecule has 8 heteroatoms. The highest BCUT2D eigenvalue weighted by Crippen LogP contribution is 2.38. The summed E-state index contributed by atoms with van der Waals surface area (Å²) in [5.41, 5.74) is 1.81. The van der Waals surface area contributed by atoms with Gasteiger partial charge in [-0.05, 0) is 18.2 Å². The van der Waals surface area contributed by atoms with E-state index in [0.717, 1.165) is 5.39 Å². The molecule has 2 aromatic carbocycles. The monoisotopic (exact) mass is 333 g/mol. The molecule has 122 valence electrons. The van der Waals surface area contributed by atoms with E-state index in [1.54, 1.807) is 12.3 Å². The van der Waals surface area contributed by atoms with E-state index < -0.39 is 4.92 Å². The molecular formula is C17H11N5O3. The van der Waals surface area contributed by atoms with E-state index in [9.17, 15) is 15.2 Å². The van der Waals surface area contributed by atoms with Crippen LogP contribution in [0.3, 0.4) is 0 Å². The SMILES string of the molecule is O=[N+]([O-])c1ccc2[nH]c(O)c(N=Nc3cccc4cccnc34)c2c1. The first kappa shape index (κ1) is 14.8. The van der Waals surface area contributed by atoms with Gasteiger partial charge in [0, 0.05) is 29.1 Å². The molecule has 2 aromatic heterocycles. The Labute approximate surface area is 140 Å². The second-order valence-electron chi connectivity index (χ2n) is 5.36. The van der Waals surface area contributed by atoms with Gasteiger partial charge in [0.25, 0.3) is 5.69 Å². The number of aromatic amines is 1. The van der Waals surface area contributed by atoms with Gasteiger partial charge in [0.15, 0.2) is 5.69 Å². The van der Waals surface area contributed by atoms with Gasteiger partial charge < -0.3 is 10.1 Å². The third-order valence-corrected chi connectivity index (χ3v) is 3.82. The lowest BCUT2D eigenvalue weighted by Crippen LogP contribution is -1.86. The van der Waals surface area contributed by atoms with Crippen LogP contribution >= 0.6 is 0 Å². The number of nitrogens with zero attached hydrogens (tertiary/aromatic N) is 4. The fourth-order valence-electron chi connectivity index (χ4n) is 2.64. The highest BCUT2D eigenvalue weighted by molar-refractivity contribution is 5.95. The standard InChI is InChI=1S/C17H11N5O3/c23-17-16(12-9-11(22(24)25)6-7-13(12)19-17)21-20-14-5-1-3-10-4-2-8-18-15(10)14/h1-9,19,23H. The summed E-state index contributed by atoms with van der Waals surface area (Å²) in [5, 5.41) is 30.6. The van der Waals surface area contributed by atoms with Crippen molar-refractivity contribution in [2.75, 3.05) is 0 Å². The second-order valence-corrected chi connectivity index (χ2v) is 5.36. The first-order valence-corrected chi connectivity index (χ1v) is 7.38. The molecule has 0 fully saturated rings. The Morgan fingerprint density at radius 2 is 1.96 bits per heavy atom. The van der Waals surface area contributed by atoms with Crippen LogP contribution in [0.4, 0.5) is 17.1 Å². The molecule has 0 spiro atoms. The van der Waals surface area contributed by atoms with Crippen molar-refractivity contribution in [2.45, 2.75) is 0 Å². The first-order chi connectivity index (χ1) is 12.1. The number of nitro groups is 1. The molecule has 0 aliphatic heterocycles. The molecule has 0 amide bonds. The first-order valence-electron chi connectivity index (χ1n) is 7.38.